The van der Waals surface area contributed by atoms with E-state index >= 15 is 0 Å². The quantitative estimate of drug-likeness (QED) is 0.783. The second-order valence-electron chi connectivity index (χ2n) is 5.37. The van der Waals surface area contributed by atoms with Gasteiger partial charge in [0.2, 0.25) is 5.91 Å². The number of carbonyl (C=O) groups excluding carboxylic acids is 1. The lowest BCUT2D eigenvalue weighted by molar-refractivity contribution is -0.122. The van der Waals surface area contributed by atoms with Gasteiger partial charge in [-0.05, 0) is 19.4 Å². The number of hydrogen-bond acceptors (Lipinski definition) is 3. The summed E-state index contributed by atoms with van der Waals surface area (Å²) in [6.45, 7) is 5.85. The fourth-order valence-electron chi connectivity index (χ4n) is 2.40. The fraction of sp³-hybridized carbons (Fsp3) is 0.533. The van der Waals surface area contributed by atoms with Gasteiger partial charge in [0.05, 0.1) is 12.0 Å². The number of hydrogen-bond donors (Lipinski definition) is 3. The summed E-state index contributed by atoms with van der Waals surface area (Å²) < 4.78 is 0. The van der Waals surface area contributed by atoms with Crippen LogP contribution in [0, 0.1) is 12.8 Å². The highest BCUT2D eigenvalue weighted by Gasteiger charge is 2.26. The number of halogens is 1. The van der Waals surface area contributed by atoms with E-state index in [2.05, 4.69) is 10.6 Å². The zero-order valence-electron chi connectivity index (χ0n) is 11.9. The number of β-amino-alcohol motifs (C(OH)–C–C–N with tert-alkyl or cyclic N) is 1. The van der Waals surface area contributed by atoms with E-state index in [1.54, 1.807) is 0 Å². The maximum absolute atomic E-state index is 12.1. The molecule has 4 nitrogen and oxygen atoms in total. The highest BCUT2D eigenvalue weighted by atomic mass is 35.5. The third-order valence-electron chi connectivity index (χ3n) is 3.78. The molecule has 20 heavy (non-hydrogen) atoms. The molecule has 1 aliphatic rings. The third kappa shape index (κ3) is 4.20. The van der Waals surface area contributed by atoms with Crippen molar-refractivity contribution >= 4 is 18.3 Å². The monoisotopic (exact) mass is 298 g/mol. The van der Waals surface area contributed by atoms with Gasteiger partial charge in [-0.1, -0.05) is 29.8 Å². The first-order valence-corrected chi connectivity index (χ1v) is 6.81. The summed E-state index contributed by atoms with van der Waals surface area (Å²) in [5, 5.41) is 15.7. The van der Waals surface area contributed by atoms with Crippen LogP contribution in [-0.2, 0) is 4.79 Å². The maximum atomic E-state index is 12.1. The molecule has 0 spiro atoms. The van der Waals surface area contributed by atoms with Crippen molar-refractivity contribution in [1.29, 1.82) is 0 Å². The largest absolute Gasteiger partial charge is 0.391 e. The van der Waals surface area contributed by atoms with Crippen LogP contribution in [0.3, 0.4) is 0 Å². The average Bonchev–Trinajstić information content (AvgIpc) is 2.80. The molecule has 1 saturated heterocycles. The average molecular weight is 299 g/mol. The molecule has 3 N–H and O–H groups in total. The van der Waals surface area contributed by atoms with Gasteiger partial charge < -0.3 is 15.7 Å². The molecule has 0 bridgehead atoms. The van der Waals surface area contributed by atoms with Gasteiger partial charge in [0.1, 0.15) is 0 Å². The summed E-state index contributed by atoms with van der Waals surface area (Å²) in [5.74, 6) is -0.0234. The van der Waals surface area contributed by atoms with Crippen molar-refractivity contribution in [2.45, 2.75) is 25.9 Å². The van der Waals surface area contributed by atoms with Crippen molar-refractivity contribution < 1.29 is 9.90 Å². The number of nitrogens with one attached hydrogen (secondary N) is 2. The Morgan fingerprint density at radius 1 is 1.50 bits per heavy atom. The minimum Gasteiger partial charge on any atom is -0.391 e. The predicted octanol–water partition coefficient (Wildman–Crippen LogP) is 1.22. The topological polar surface area (TPSA) is 61.4 Å². The van der Waals surface area contributed by atoms with Crippen LogP contribution >= 0.6 is 12.4 Å². The molecule has 0 saturated carbocycles. The molecule has 112 valence electrons. The summed E-state index contributed by atoms with van der Waals surface area (Å²) >= 11 is 0. The number of aliphatic hydroxyl groups is 1. The fourth-order valence-corrected chi connectivity index (χ4v) is 2.40. The minimum atomic E-state index is -0.352. The molecule has 1 heterocycles. The molecule has 3 atom stereocenters. The zero-order valence-corrected chi connectivity index (χ0v) is 12.7. The molecule has 1 fully saturated rings. The van der Waals surface area contributed by atoms with Gasteiger partial charge in [-0.25, -0.2) is 0 Å². The van der Waals surface area contributed by atoms with Crippen LogP contribution in [-0.4, -0.2) is 36.8 Å². The van der Waals surface area contributed by atoms with Crippen LogP contribution in [0.1, 0.15) is 24.0 Å². The predicted molar refractivity (Wildman–Crippen MR) is 82.2 cm³/mol. The Kier molecular flexibility index (Phi) is 6.46. The highest BCUT2D eigenvalue weighted by Crippen LogP contribution is 2.17. The smallest absolute Gasteiger partial charge is 0.227 e. The summed E-state index contributed by atoms with van der Waals surface area (Å²) in [4.78, 5) is 12.1. The van der Waals surface area contributed by atoms with Gasteiger partial charge in [0.15, 0.2) is 0 Å². The van der Waals surface area contributed by atoms with Crippen LogP contribution in [0.4, 0.5) is 0 Å². The van der Waals surface area contributed by atoms with Gasteiger partial charge in [-0.2, -0.15) is 0 Å². The summed E-state index contributed by atoms with van der Waals surface area (Å²) in [6, 6.07) is 8.01. The zero-order chi connectivity index (χ0) is 13.8. The second kappa shape index (κ2) is 7.62. The second-order valence-corrected chi connectivity index (χ2v) is 5.37. The van der Waals surface area contributed by atoms with E-state index in [1.165, 1.54) is 0 Å². The lowest BCUT2D eigenvalue weighted by atomic mass is 9.98. The van der Waals surface area contributed by atoms with Crippen molar-refractivity contribution in [3.05, 3.63) is 35.4 Å². The molecule has 5 heteroatoms. The lowest BCUT2D eigenvalue weighted by Gasteiger charge is -2.17. The normalized spacial score (nSPS) is 22.9. The molecule has 1 amide bonds. The highest BCUT2D eigenvalue weighted by molar-refractivity contribution is 5.85. The van der Waals surface area contributed by atoms with Gasteiger partial charge in [0.25, 0.3) is 0 Å². The van der Waals surface area contributed by atoms with Gasteiger partial charge >= 0.3 is 0 Å². The van der Waals surface area contributed by atoms with Crippen LogP contribution < -0.4 is 10.6 Å². The van der Waals surface area contributed by atoms with Crippen LogP contribution in [0.15, 0.2) is 24.3 Å². The molecule has 1 aromatic rings. The van der Waals surface area contributed by atoms with Crippen LogP contribution in [0.5, 0.6) is 0 Å². The number of amides is 1. The first-order chi connectivity index (χ1) is 9.08. The minimum absolute atomic E-state index is 0. The first-order valence-electron chi connectivity index (χ1n) is 6.81. The lowest BCUT2D eigenvalue weighted by Crippen LogP contribution is -2.36. The van der Waals surface area contributed by atoms with Crippen LogP contribution in [0.25, 0.3) is 0 Å². The van der Waals surface area contributed by atoms with Gasteiger partial charge in [-0.3, -0.25) is 4.79 Å². The molecule has 1 aliphatic heterocycles. The Morgan fingerprint density at radius 3 is 2.85 bits per heavy atom. The van der Waals surface area contributed by atoms with E-state index in [-0.39, 0.29) is 36.3 Å². The van der Waals surface area contributed by atoms with Crippen molar-refractivity contribution in [1.82, 2.24) is 10.6 Å². The summed E-state index contributed by atoms with van der Waals surface area (Å²) in [5.41, 5.74) is 2.19. The number of benzene rings is 1. The molecule has 0 aliphatic carbocycles. The van der Waals surface area contributed by atoms with E-state index in [0.29, 0.717) is 13.1 Å². The molecule has 0 radical (unpaired) electrons. The Hall–Kier alpha value is -1.10. The maximum Gasteiger partial charge on any atom is 0.227 e. The standard InChI is InChI=1S/C15H22N2O2.ClH/c1-10-4-3-5-12(6-10)11(2)15(19)17-8-13-7-16-9-14(13)18;/h3-6,11,13-14,16,18H,7-9H2,1-2H3,(H,17,19);1H. The van der Waals surface area contributed by atoms with Gasteiger partial charge in [-0.15, -0.1) is 12.4 Å². The molecule has 3 unspecified atom stereocenters. The van der Waals surface area contributed by atoms with Crippen molar-refractivity contribution in [2.75, 3.05) is 19.6 Å². The van der Waals surface area contributed by atoms with E-state index in [9.17, 15) is 9.90 Å². The van der Waals surface area contributed by atoms with E-state index in [1.807, 2.05) is 38.1 Å². The molecule has 1 aromatic carbocycles. The summed E-state index contributed by atoms with van der Waals surface area (Å²) in [6.07, 6.45) is -0.352. The third-order valence-corrected chi connectivity index (χ3v) is 3.78. The van der Waals surface area contributed by atoms with E-state index < -0.39 is 0 Å². The molecule has 2 rings (SSSR count). The van der Waals surface area contributed by atoms with E-state index in [0.717, 1.165) is 17.7 Å². The van der Waals surface area contributed by atoms with Crippen molar-refractivity contribution in [2.24, 2.45) is 5.92 Å². The molecular formula is C15H23ClN2O2. The number of carbonyl (C=O) groups is 1. The van der Waals surface area contributed by atoms with Crippen LogP contribution in [0.2, 0.25) is 0 Å². The van der Waals surface area contributed by atoms with E-state index in [4.69, 9.17) is 0 Å². The number of rotatable bonds is 4. The Balaban J connectivity index is 0.00000200. The molecule has 0 aromatic heterocycles. The SMILES string of the molecule is Cc1cccc(C(C)C(=O)NCC2CNCC2O)c1.Cl. The van der Waals surface area contributed by atoms with Crippen molar-refractivity contribution in [3.8, 4) is 0 Å². The van der Waals surface area contributed by atoms with Crippen molar-refractivity contribution in [3.63, 3.8) is 0 Å². The first kappa shape index (κ1) is 17.0. The van der Waals surface area contributed by atoms with Gasteiger partial charge in [0, 0.05) is 25.6 Å². The number of aryl methyl sites for hydroxylation is 1. The number of aliphatic hydroxyl groups excluding tert-OH is 1. The summed E-state index contributed by atoms with van der Waals surface area (Å²) in [7, 11) is 0. The molecular weight excluding hydrogens is 276 g/mol. The Morgan fingerprint density at radius 2 is 2.25 bits per heavy atom. The Bertz CT molecular complexity index is 453. The Labute approximate surface area is 126 Å².